The molecule has 1 unspecified atom stereocenters. The van der Waals surface area contributed by atoms with Gasteiger partial charge in [-0.15, -0.1) is 0 Å². The van der Waals surface area contributed by atoms with Crippen LogP contribution in [0.2, 0.25) is 0 Å². The van der Waals surface area contributed by atoms with E-state index >= 15 is 0 Å². The van der Waals surface area contributed by atoms with Crippen molar-refractivity contribution in [2.45, 2.75) is 75.1 Å². The van der Waals surface area contributed by atoms with Crippen LogP contribution in [0.5, 0.6) is 0 Å². The Hall–Kier alpha value is -5.17. The van der Waals surface area contributed by atoms with Gasteiger partial charge in [0.05, 0.1) is 22.7 Å². The summed E-state index contributed by atoms with van der Waals surface area (Å²) in [6, 6.07) is 20.4. The van der Waals surface area contributed by atoms with Crippen molar-refractivity contribution < 1.29 is 27.5 Å². The number of hydrogen-bond donors (Lipinski definition) is 3. The number of nitrogens with one attached hydrogen (secondary N) is 3. The lowest BCUT2D eigenvalue weighted by Gasteiger charge is -2.19. The minimum Gasteiger partial charge on any atom is -0.444 e. The molecule has 13 heteroatoms. The lowest BCUT2D eigenvalue weighted by Crippen LogP contribution is -2.27. The van der Waals surface area contributed by atoms with Gasteiger partial charge in [0, 0.05) is 26.7 Å². The number of carbonyl (C=O) groups excluding carboxylic acids is 2. The number of fused-ring (bicyclic) bond motifs is 1. The van der Waals surface area contributed by atoms with E-state index in [-0.39, 0.29) is 5.92 Å². The lowest BCUT2D eigenvalue weighted by atomic mass is 10.1. The van der Waals surface area contributed by atoms with E-state index in [1.807, 2.05) is 38.1 Å². The first-order valence-electron chi connectivity index (χ1n) is 15.8. The van der Waals surface area contributed by atoms with Crippen molar-refractivity contribution in [3.05, 3.63) is 108 Å². The summed E-state index contributed by atoms with van der Waals surface area (Å²) < 4.78 is 44.5. The fourth-order valence-corrected chi connectivity index (χ4v) is 5.72. The van der Waals surface area contributed by atoms with Crippen LogP contribution in [-0.2, 0) is 10.9 Å². The number of benzene rings is 3. The number of pyridine rings is 1. The Morgan fingerprint density at radius 2 is 1.56 bits per heavy atom. The number of amides is 2. The first-order valence-corrected chi connectivity index (χ1v) is 16.7. The van der Waals surface area contributed by atoms with Crippen LogP contribution < -0.4 is 16.0 Å². The predicted octanol–water partition coefficient (Wildman–Crippen LogP) is 9.90. The number of ether oxygens (including phenoxy) is 1. The van der Waals surface area contributed by atoms with E-state index in [9.17, 15) is 22.8 Å². The summed E-state index contributed by atoms with van der Waals surface area (Å²) in [5.41, 5.74) is 2.03. The van der Waals surface area contributed by atoms with E-state index in [1.165, 1.54) is 30.2 Å². The van der Waals surface area contributed by atoms with Gasteiger partial charge >= 0.3 is 12.3 Å². The molecule has 3 aromatic carbocycles. The highest BCUT2D eigenvalue weighted by Crippen LogP contribution is 2.37. The van der Waals surface area contributed by atoms with Gasteiger partial charge in [-0.05, 0) is 106 Å². The molecule has 5 aromatic rings. The number of hydrogen-bond acceptors (Lipinski definition) is 8. The maximum atomic E-state index is 13.4. The number of rotatable bonds is 9. The minimum atomic E-state index is -4.45. The van der Waals surface area contributed by atoms with Gasteiger partial charge in [0.2, 0.25) is 0 Å². The van der Waals surface area contributed by atoms with Crippen molar-refractivity contribution in [2.24, 2.45) is 0 Å². The third kappa shape index (κ3) is 9.29. The molecular formula is C37H37F3N6O3S. The Bertz CT molecular complexity index is 2000. The summed E-state index contributed by atoms with van der Waals surface area (Å²) in [4.78, 5) is 40.8. The third-order valence-electron chi connectivity index (χ3n) is 7.42. The summed E-state index contributed by atoms with van der Waals surface area (Å²) in [5.74, 6) is 0.289. The zero-order valence-corrected chi connectivity index (χ0v) is 29.2. The summed E-state index contributed by atoms with van der Waals surface area (Å²) in [6.45, 7) is 11.2. The summed E-state index contributed by atoms with van der Waals surface area (Å²) in [6.07, 6.45) is -3.58. The van der Waals surface area contributed by atoms with E-state index in [2.05, 4.69) is 30.9 Å². The lowest BCUT2D eigenvalue weighted by molar-refractivity contribution is -0.137. The van der Waals surface area contributed by atoms with Gasteiger partial charge in [-0.3, -0.25) is 10.1 Å². The summed E-state index contributed by atoms with van der Waals surface area (Å²) >= 11 is 1.43. The van der Waals surface area contributed by atoms with Gasteiger partial charge in [-0.25, -0.2) is 19.7 Å². The number of halogens is 3. The molecule has 9 nitrogen and oxygen atoms in total. The molecule has 0 aliphatic carbocycles. The van der Waals surface area contributed by atoms with Crippen molar-refractivity contribution >= 4 is 52.0 Å². The van der Waals surface area contributed by atoms with Crippen molar-refractivity contribution in [2.75, 3.05) is 10.6 Å². The number of alkyl halides is 3. The monoisotopic (exact) mass is 702 g/mol. The molecule has 0 radical (unpaired) electrons. The fourth-order valence-electron chi connectivity index (χ4n) is 4.84. The summed E-state index contributed by atoms with van der Waals surface area (Å²) in [7, 11) is 0. The second-order valence-corrected chi connectivity index (χ2v) is 14.0. The largest absolute Gasteiger partial charge is 0.444 e. The maximum absolute atomic E-state index is 13.4. The van der Waals surface area contributed by atoms with Crippen molar-refractivity contribution in [1.82, 2.24) is 20.3 Å². The van der Waals surface area contributed by atoms with Crippen LogP contribution in [0.15, 0.2) is 95.0 Å². The standard InChI is InChI=1S/C37H37F3N6O3S/c1-21(2)29-17-16-28-32(45-29)41-20-42-33(28)46-30-19-24(34(47)43-22(3)23-7-10-25(11-8-23)37(38,39)40)9-18-31(30)50-27-14-12-26(13-15-27)44-35(48)49-36(4,5)6/h7-22H,1-6H3,(H,43,47)(H,44,48)(H,41,42,45,46). The Morgan fingerprint density at radius 1 is 0.860 bits per heavy atom. The fraction of sp³-hybridized carbons (Fsp3) is 0.270. The summed E-state index contributed by atoms with van der Waals surface area (Å²) in [5, 5.41) is 9.66. The Balaban J connectivity index is 1.42. The highest BCUT2D eigenvalue weighted by Gasteiger charge is 2.30. The molecule has 0 spiro atoms. The molecule has 0 saturated heterocycles. The van der Waals surface area contributed by atoms with Gasteiger partial charge in [0.15, 0.2) is 5.65 Å². The first kappa shape index (κ1) is 36.1. The second-order valence-electron chi connectivity index (χ2n) is 12.9. The van der Waals surface area contributed by atoms with Gasteiger partial charge in [-0.1, -0.05) is 37.7 Å². The Labute approximate surface area is 292 Å². The number of carbonyl (C=O) groups is 2. The number of nitrogens with zero attached hydrogens (tertiary/aromatic N) is 3. The predicted molar refractivity (Wildman–Crippen MR) is 189 cm³/mol. The van der Waals surface area contributed by atoms with Gasteiger partial charge in [0.25, 0.3) is 5.91 Å². The highest BCUT2D eigenvalue weighted by atomic mass is 32.2. The molecule has 2 aromatic heterocycles. The molecule has 2 amide bonds. The zero-order valence-electron chi connectivity index (χ0n) is 28.3. The Kier molecular flexibility index (Phi) is 10.7. The average molecular weight is 703 g/mol. The molecule has 0 aliphatic heterocycles. The molecule has 3 N–H and O–H groups in total. The van der Waals surface area contributed by atoms with Crippen molar-refractivity contribution in [3.63, 3.8) is 0 Å². The van der Waals surface area contributed by atoms with Gasteiger partial charge < -0.3 is 15.4 Å². The first-order chi connectivity index (χ1) is 23.6. The normalized spacial score (nSPS) is 12.4. The molecular weight excluding hydrogens is 666 g/mol. The Morgan fingerprint density at radius 3 is 2.20 bits per heavy atom. The molecule has 260 valence electrons. The van der Waals surface area contributed by atoms with Crippen molar-refractivity contribution in [3.8, 4) is 0 Å². The van der Waals surface area contributed by atoms with E-state index in [1.54, 1.807) is 58.0 Å². The quantitative estimate of drug-likeness (QED) is 0.139. The molecule has 50 heavy (non-hydrogen) atoms. The number of aromatic nitrogens is 3. The van der Waals surface area contributed by atoms with E-state index in [0.29, 0.717) is 39.4 Å². The molecule has 2 heterocycles. The number of anilines is 3. The molecule has 0 aliphatic rings. The van der Waals surface area contributed by atoms with Gasteiger partial charge in [-0.2, -0.15) is 13.2 Å². The van der Waals surface area contributed by atoms with E-state index in [0.717, 1.165) is 27.6 Å². The van der Waals surface area contributed by atoms with Crippen LogP contribution in [0.1, 0.15) is 80.7 Å². The van der Waals surface area contributed by atoms with Crippen LogP contribution in [-0.4, -0.2) is 32.6 Å². The van der Waals surface area contributed by atoms with Crippen LogP contribution in [0.4, 0.5) is 35.2 Å². The molecule has 1 atom stereocenters. The third-order valence-corrected chi connectivity index (χ3v) is 8.50. The van der Waals surface area contributed by atoms with Crippen LogP contribution in [0.3, 0.4) is 0 Å². The van der Waals surface area contributed by atoms with Crippen LogP contribution >= 0.6 is 11.8 Å². The van der Waals surface area contributed by atoms with E-state index < -0.39 is 35.4 Å². The van der Waals surface area contributed by atoms with Crippen LogP contribution in [0, 0.1) is 0 Å². The average Bonchev–Trinajstić information content (AvgIpc) is 3.05. The van der Waals surface area contributed by atoms with Gasteiger partial charge in [0.1, 0.15) is 17.7 Å². The maximum Gasteiger partial charge on any atom is 0.416 e. The molecule has 0 saturated carbocycles. The SMILES string of the molecule is CC(C)c1ccc2c(Nc3cc(C(=O)NC(C)c4ccc(C(F)(F)F)cc4)ccc3Sc3ccc(NC(=O)OC(C)(C)C)cc3)ncnc2n1. The topological polar surface area (TPSA) is 118 Å². The zero-order chi connectivity index (χ0) is 36.2. The van der Waals surface area contributed by atoms with Crippen LogP contribution in [0.25, 0.3) is 11.0 Å². The molecule has 5 rings (SSSR count). The minimum absolute atomic E-state index is 0.208. The molecule has 0 fully saturated rings. The highest BCUT2D eigenvalue weighted by molar-refractivity contribution is 7.99. The van der Waals surface area contributed by atoms with E-state index in [4.69, 9.17) is 4.74 Å². The van der Waals surface area contributed by atoms with Crippen molar-refractivity contribution in [1.29, 1.82) is 0 Å². The smallest absolute Gasteiger partial charge is 0.416 e. The molecule has 0 bridgehead atoms. The second kappa shape index (κ2) is 14.8.